The molecule has 8 nitrogen and oxygen atoms in total. The predicted molar refractivity (Wildman–Crippen MR) is 120 cm³/mol. The lowest BCUT2D eigenvalue weighted by Gasteiger charge is -2.31. The third kappa shape index (κ3) is 4.53. The molecule has 1 aliphatic heterocycles. The maximum Gasteiger partial charge on any atom is 0.335 e. The van der Waals surface area contributed by atoms with Gasteiger partial charge >= 0.3 is 6.03 Å². The zero-order chi connectivity index (χ0) is 22.5. The molecule has 3 rings (SSSR count). The molecule has 0 unspecified atom stereocenters. The molecule has 1 heterocycles. The fraction of sp³-hybridized carbons (Fsp3) is 0.261. The van der Waals surface area contributed by atoms with Crippen LogP contribution in [0.5, 0.6) is 5.75 Å². The Bertz CT molecular complexity index is 982. The summed E-state index contributed by atoms with van der Waals surface area (Å²) < 4.78 is 5.11. The number of nitrogens with one attached hydrogen (secondary N) is 2. The van der Waals surface area contributed by atoms with E-state index in [0.717, 1.165) is 23.7 Å². The van der Waals surface area contributed by atoms with Crippen LogP contribution >= 0.6 is 0 Å². The van der Waals surface area contributed by atoms with Gasteiger partial charge in [0.05, 0.1) is 12.8 Å². The molecule has 1 atom stereocenters. The number of ether oxygens (including phenoxy) is 1. The number of carbonyl (C=O) groups excluding carboxylic acids is 3. The van der Waals surface area contributed by atoms with Gasteiger partial charge in [-0.3, -0.25) is 14.9 Å². The molecule has 1 fully saturated rings. The van der Waals surface area contributed by atoms with Crippen molar-refractivity contribution in [2.45, 2.75) is 13.8 Å². The van der Waals surface area contributed by atoms with Gasteiger partial charge in [0, 0.05) is 30.2 Å². The molecule has 0 spiro atoms. The van der Waals surface area contributed by atoms with Crippen LogP contribution in [0.4, 0.5) is 21.9 Å². The first-order valence-electron chi connectivity index (χ1n) is 10.0. The summed E-state index contributed by atoms with van der Waals surface area (Å²) in [6, 6.07) is 13.2. The second-order valence-corrected chi connectivity index (χ2v) is 6.97. The smallest absolute Gasteiger partial charge is 0.335 e. The largest absolute Gasteiger partial charge is 0.497 e. The fourth-order valence-corrected chi connectivity index (χ4v) is 3.46. The van der Waals surface area contributed by atoms with Crippen LogP contribution in [0.3, 0.4) is 0 Å². The minimum absolute atomic E-state index is 0.184. The van der Waals surface area contributed by atoms with Crippen LogP contribution in [-0.4, -0.2) is 38.0 Å². The van der Waals surface area contributed by atoms with E-state index in [4.69, 9.17) is 4.74 Å². The maximum absolute atomic E-state index is 13.1. The topological polar surface area (TPSA) is 91.0 Å². The number of hydrogen-bond acceptors (Lipinski definition) is 6. The molecular formula is C23H26N4O4. The molecule has 2 aromatic carbocycles. The van der Waals surface area contributed by atoms with Gasteiger partial charge in [-0.25, -0.2) is 9.69 Å². The van der Waals surface area contributed by atoms with Gasteiger partial charge in [-0.15, -0.1) is 0 Å². The van der Waals surface area contributed by atoms with Gasteiger partial charge < -0.3 is 15.0 Å². The van der Waals surface area contributed by atoms with Crippen LogP contribution in [0, 0.1) is 5.92 Å². The molecule has 2 N–H and O–H groups in total. The van der Waals surface area contributed by atoms with E-state index in [2.05, 4.69) is 36.0 Å². The predicted octanol–water partition coefficient (Wildman–Crippen LogP) is 3.37. The monoisotopic (exact) mass is 422 g/mol. The third-order valence-corrected chi connectivity index (χ3v) is 5.14. The van der Waals surface area contributed by atoms with Crippen LogP contribution in [0.15, 0.2) is 60.8 Å². The highest BCUT2D eigenvalue weighted by Gasteiger charge is 2.43. The van der Waals surface area contributed by atoms with E-state index in [0.29, 0.717) is 17.1 Å². The van der Waals surface area contributed by atoms with Gasteiger partial charge in [-0.2, -0.15) is 0 Å². The van der Waals surface area contributed by atoms with Crippen molar-refractivity contribution in [2.24, 2.45) is 5.92 Å². The number of amides is 4. The van der Waals surface area contributed by atoms with Crippen LogP contribution in [0.25, 0.3) is 0 Å². The van der Waals surface area contributed by atoms with Crippen LogP contribution < -0.4 is 25.2 Å². The molecule has 1 aliphatic rings. The number of hydrogen-bond donors (Lipinski definition) is 2. The lowest BCUT2D eigenvalue weighted by molar-refractivity contribution is -0.132. The van der Waals surface area contributed by atoms with E-state index in [1.165, 1.54) is 7.11 Å². The van der Waals surface area contributed by atoms with Crippen molar-refractivity contribution >= 4 is 34.9 Å². The van der Waals surface area contributed by atoms with E-state index in [1.54, 1.807) is 24.3 Å². The Kier molecular flexibility index (Phi) is 6.59. The summed E-state index contributed by atoms with van der Waals surface area (Å²) in [5, 5.41) is 5.26. The number of urea groups is 1. The fourth-order valence-electron chi connectivity index (χ4n) is 3.46. The SMILES string of the molecule is C=C(Nc1ccc(N(CC)CC)cc1)[C@@H]1C(=O)NC(=O)N(c2ccc(OC)cc2)C1=O. The van der Waals surface area contributed by atoms with Crippen molar-refractivity contribution in [3.63, 3.8) is 0 Å². The van der Waals surface area contributed by atoms with E-state index < -0.39 is 23.8 Å². The van der Waals surface area contributed by atoms with E-state index in [-0.39, 0.29) is 5.70 Å². The molecule has 1 saturated heterocycles. The van der Waals surface area contributed by atoms with Crippen LogP contribution in [-0.2, 0) is 9.59 Å². The number of imide groups is 2. The summed E-state index contributed by atoms with van der Waals surface area (Å²) in [5.74, 6) is -2.05. The minimum atomic E-state index is -1.25. The maximum atomic E-state index is 13.1. The molecule has 0 saturated carbocycles. The number of rotatable bonds is 8. The lowest BCUT2D eigenvalue weighted by Crippen LogP contribution is -2.59. The zero-order valence-electron chi connectivity index (χ0n) is 17.8. The molecule has 8 heteroatoms. The summed E-state index contributed by atoms with van der Waals surface area (Å²) in [7, 11) is 1.52. The first-order valence-corrected chi connectivity index (χ1v) is 10.0. The molecule has 31 heavy (non-hydrogen) atoms. The standard InChI is InChI=1S/C23H26N4O4/c1-5-26(6-2)17-9-7-16(8-10-17)24-15(3)20-21(28)25-23(30)27(22(20)29)18-11-13-19(31-4)14-12-18/h7-14,20,24H,3,5-6H2,1-2,4H3,(H,25,28,30)/t20-/m1/s1. The second-order valence-electron chi connectivity index (χ2n) is 6.97. The van der Waals surface area contributed by atoms with E-state index in [9.17, 15) is 14.4 Å². The Morgan fingerprint density at radius 1 is 1.06 bits per heavy atom. The highest BCUT2D eigenvalue weighted by Crippen LogP contribution is 2.27. The third-order valence-electron chi connectivity index (χ3n) is 5.14. The summed E-state index contributed by atoms with van der Waals surface area (Å²) in [5.41, 5.74) is 2.28. The Morgan fingerprint density at radius 2 is 1.68 bits per heavy atom. The van der Waals surface area contributed by atoms with Gasteiger partial charge in [-0.1, -0.05) is 6.58 Å². The Morgan fingerprint density at radius 3 is 2.23 bits per heavy atom. The van der Waals surface area contributed by atoms with Gasteiger partial charge in [0.15, 0.2) is 5.92 Å². The summed E-state index contributed by atoms with van der Waals surface area (Å²) in [6.07, 6.45) is 0. The first kappa shape index (κ1) is 21.9. The lowest BCUT2D eigenvalue weighted by atomic mass is 10.0. The molecule has 162 valence electrons. The van der Waals surface area contributed by atoms with Crippen molar-refractivity contribution in [1.82, 2.24) is 5.32 Å². The molecule has 0 radical (unpaired) electrons. The number of carbonyl (C=O) groups is 3. The van der Waals surface area contributed by atoms with Crippen molar-refractivity contribution < 1.29 is 19.1 Å². The molecule has 0 aliphatic carbocycles. The Hall–Kier alpha value is -3.81. The average Bonchev–Trinajstić information content (AvgIpc) is 2.76. The number of methoxy groups -OCH3 is 1. The molecule has 0 bridgehead atoms. The molecule has 0 aromatic heterocycles. The minimum Gasteiger partial charge on any atom is -0.497 e. The molecule has 4 amide bonds. The highest BCUT2D eigenvalue weighted by atomic mass is 16.5. The number of benzene rings is 2. The van der Waals surface area contributed by atoms with Crippen molar-refractivity contribution in [3.05, 3.63) is 60.8 Å². The number of nitrogens with zero attached hydrogens (tertiary/aromatic N) is 2. The summed E-state index contributed by atoms with van der Waals surface area (Å²) >= 11 is 0. The van der Waals surface area contributed by atoms with Gasteiger partial charge in [0.25, 0.3) is 5.91 Å². The zero-order valence-corrected chi connectivity index (χ0v) is 17.8. The van der Waals surface area contributed by atoms with Gasteiger partial charge in [0.1, 0.15) is 5.75 Å². The Labute approximate surface area is 181 Å². The number of barbiturate groups is 1. The van der Waals surface area contributed by atoms with E-state index >= 15 is 0 Å². The van der Waals surface area contributed by atoms with Crippen LogP contribution in [0.2, 0.25) is 0 Å². The quantitative estimate of drug-likeness (QED) is 0.634. The second kappa shape index (κ2) is 9.34. The Balaban J connectivity index is 1.78. The van der Waals surface area contributed by atoms with Gasteiger partial charge in [0.2, 0.25) is 5.91 Å². The van der Waals surface area contributed by atoms with Crippen molar-refractivity contribution in [2.75, 3.05) is 35.3 Å². The first-order chi connectivity index (χ1) is 14.9. The van der Waals surface area contributed by atoms with Gasteiger partial charge in [-0.05, 0) is 62.4 Å². The van der Waals surface area contributed by atoms with E-state index in [1.807, 2.05) is 24.3 Å². The summed E-state index contributed by atoms with van der Waals surface area (Å²) in [6.45, 7) is 9.83. The van der Waals surface area contributed by atoms with Crippen LogP contribution in [0.1, 0.15) is 13.8 Å². The summed E-state index contributed by atoms with van der Waals surface area (Å²) in [4.78, 5) is 41.0. The highest BCUT2D eigenvalue weighted by molar-refractivity contribution is 6.28. The average molecular weight is 422 g/mol. The van der Waals surface area contributed by atoms with Crippen molar-refractivity contribution in [3.8, 4) is 5.75 Å². The molecule has 2 aromatic rings. The normalized spacial score (nSPS) is 16.0. The number of anilines is 3. The van der Waals surface area contributed by atoms with Crippen molar-refractivity contribution in [1.29, 1.82) is 0 Å². The molecular weight excluding hydrogens is 396 g/mol.